The van der Waals surface area contributed by atoms with Gasteiger partial charge < -0.3 is 19.3 Å². The van der Waals surface area contributed by atoms with Gasteiger partial charge in [-0.05, 0) is 30.5 Å². The van der Waals surface area contributed by atoms with Crippen LogP contribution in [0.3, 0.4) is 0 Å². The first kappa shape index (κ1) is 19.2. The SMILES string of the molecule is COc1ccc(C[C@H]2CN(C(C)=O)CC[C@@H]2OCC(=O)N(C)C)cc1. The molecule has 0 aromatic heterocycles. The Hall–Kier alpha value is -2.08. The molecule has 0 unspecified atom stereocenters. The molecule has 25 heavy (non-hydrogen) atoms. The summed E-state index contributed by atoms with van der Waals surface area (Å²) in [5, 5.41) is 0. The Morgan fingerprint density at radius 3 is 2.48 bits per heavy atom. The van der Waals surface area contributed by atoms with E-state index in [-0.39, 0.29) is 30.4 Å². The summed E-state index contributed by atoms with van der Waals surface area (Å²) in [6.45, 7) is 3.01. The van der Waals surface area contributed by atoms with E-state index in [1.165, 1.54) is 10.5 Å². The quantitative estimate of drug-likeness (QED) is 0.783. The molecule has 1 aliphatic heterocycles. The minimum atomic E-state index is -0.0443. The molecule has 0 spiro atoms. The molecule has 6 heteroatoms. The highest BCUT2D eigenvalue weighted by Crippen LogP contribution is 2.25. The van der Waals surface area contributed by atoms with Crippen LogP contribution in [-0.2, 0) is 20.7 Å². The van der Waals surface area contributed by atoms with Gasteiger partial charge in [-0.25, -0.2) is 0 Å². The average Bonchev–Trinajstić information content (AvgIpc) is 2.60. The molecule has 1 aliphatic rings. The summed E-state index contributed by atoms with van der Waals surface area (Å²) in [7, 11) is 5.09. The number of carbonyl (C=O) groups excluding carboxylic acids is 2. The van der Waals surface area contributed by atoms with Crippen molar-refractivity contribution in [3.63, 3.8) is 0 Å². The number of hydrogen-bond donors (Lipinski definition) is 0. The molecule has 0 radical (unpaired) electrons. The van der Waals surface area contributed by atoms with Crippen molar-refractivity contribution in [1.29, 1.82) is 0 Å². The molecule has 6 nitrogen and oxygen atoms in total. The highest BCUT2D eigenvalue weighted by atomic mass is 16.5. The lowest BCUT2D eigenvalue weighted by Crippen LogP contribution is -2.47. The number of ether oxygens (including phenoxy) is 2. The Bertz CT molecular complexity index is 586. The number of methoxy groups -OCH3 is 1. The van der Waals surface area contributed by atoms with Gasteiger partial charge in [-0.1, -0.05) is 12.1 Å². The third kappa shape index (κ3) is 5.46. The van der Waals surface area contributed by atoms with Crippen molar-refractivity contribution in [2.45, 2.75) is 25.9 Å². The summed E-state index contributed by atoms with van der Waals surface area (Å²) >= 11 is 0. The first-order valence-electron chi connectivity index (χ1n) is 8.61. The Morgan fingerprint density at radius 1 is 1.24 bits per heavy atom. The molecule has 0 bridgehead atoms. The molecule has 1 aromatic carbocycles. The number of likely N-dealkylation sites (tertiary alicyclic amines) is 1. The Labute approximate surface area is 149 Å². The summed E-state index contributed by atoms with van der Waals surface area (Å²) in [5.41, 5.74) is 1.17. The second-order valence-corrected chi connectivity index (χ2v) is 6.70. The fourth-order valence-corrected chi connectivity index (χ4v) is 3.08. The van der Waals surface area contributed by atoms with E-state index in [1.54, 1.807) is 28.1 Å². The van der Waals surface area contributed by atoms with Crippen molar-refractivity contribution in [3.8, 4) is 5.75 Å². The van der Waals surface area contributed by atoms with Gasteiger partial charge in [0.1, 0.15) is 12.4 Å². The summed E-state index contributed by atoms with van der Waals surface area (Å²) in [4.78, 5) is 27.0. The number of benzene rings is 1. The Kier molecular flexibility index (Phi) is 6.82. The summed E-state index contributed by atoms with van der Waals surface area (Å²) in [6.07, 6.45) is 1.53. The topological polar surface area (TPSA) is 59.1 Å². The van der Waals surface area contributed by atoms with Gasteiger partial charge in [0.05, 0.1) is 13.2 Å². The monoisotopic (exact) mass is 348 g/mol. The molecule has 2 rings (SSSR count). The smallest absolute Gasteiger partial charge is 0.248 e. The fourth-order valence-electron chi connectivity index (χ4n) is 3.08. The number of likely N-dealkylation sites (N-methyl/N-ethyl adjacent to an activating group) is 1. The minimum absolute atomic E-state index is 0.0263. The standard InChI is InChI=1S/C19H28N2O4/c1-14(22)21-10-9-18(25-13-19(23)20(2)3)16(12-21)11-15-5-7-17(24-4)8-6-15/h5-8,16,18H,9-13H2,1-4H3/t16-,18-/m0/s1. The van der Waals surface area contributed by atoms with E-state index in [9.17, 15) is 9.59 Å². The Morgan fingerprint density at radius 2 is 1.92 bits per heavy atom. The molecular formula is C19H28N2O4. The van der Waals surface area contributed by atoms with Crippen LogP contribution >= 0.6 is 0 Å². The van der Waals surface area contributed by atoms with Gasteiger partial charge in [-0.3, -0.25) is 9.59 Å². The van der Waals surface area contributed by atoms with Crippen molar-refractivity contribution in [2.24, 2.45) is 5.92 Å². The van der Waals surface area contributed by atoms with Gasteiger partial charge in [0.2, 0.25) is 11.8 Å². The lowest BCUT2D eigenvalue weighted by Gasteiger charge is -2.38. The van der Waals surface area contributed by atoms with E-state index in [1.807, 2.05) is 29.2 Å². The predicted octanol–water partition coefficient (Wildman–Crippen LogP) is 1.58. The zero-order valence-electron chi connectivity index (χ0n) is 15.5. The fraction of sp³-hybridized carbons (Fsp3) is 0.579. The molecular weight excluding hydrogens is 320 g/mol. The number of carbonyl (C=O) groups is 2. The third-order valence-corrected chi connectivity index (χ3v) is 4.69. The van der Waals surface area contributed by atoms with Crippen LogP contribution in [0.2, 0.25) is 0 Å². The van der Waals surface area contributed by atoms with Crippen LogP contribution in [0.1, 0.15) is 18.9 Å². The van der Waals surface area contributed by atoms with E-state index >= 15 is 0 Å². The predicted molar refractivity (Wildman–Crippen MR) is 95.5 cm³/mol. The first-order valence-corrected chi connectivity index (χ1v) is 8.61. The van der Waals surface area contributed by atoms with Gasteiger partial charge in [0, 0.05) is 40.0 Å². The molecule has 1 heterocycles. The van der Waals surface area contributed by atoms with E-state index in [0.29, 0.717) is 13.1 Å². The lowest BCUT2D eigenvalue weighted by atomic mass is 9.88. The van der Waals surface area contributed by atoms with Crippen LogP contribution in [-0.4, -0.2) is 68.6 Å². The van der Waals surface area contributed by atoms with E-state index in [0.717, 1.165) is 18.6 Å². The summed E-state index contributed by atoms with van der Waals surface area (Å²) in [6, 6.07) is 7.94. The average molecular weight is 348 g/mol. The zero-order valence-corrected chi connectivity index (χ0v) is 15.5. The molecule has 2 atom stereocenters. The Balaban J connectivity index is 2.04. The van der Waals surface area contributed by atoms with Crippen molar-refractivity contribution in [3.05, 3.63) is 29.8 Å². The van der Waals surface area contributed by atoms with Crippen molar-refractivity contribution < 1.29 is 19.1 Å². The van der Waals surface area contributed by atoms with Crippen molar-refractivity contribution in [1.82, 2.24) is 9.80 Å². The number of rotatable bonds is 6. The number of piperidine rings is 1. The highest BCUT2D eigenvalue weighted by Gasteiger charge is 2.31. The largest absolute Gasteiger partial charge is 0.497 e. The van der Waals surface area contributed by atoms with Gasteiger partial charge in [0.25, 0.3) is 0 Å². The van der Waals surface area contributed by atoms with E-state index < -0.39 is 0 Å². The normalized spacial score (nSPS) is 20.2. The van der Waals surface area contributed by atoms with E-state index in [4.69, 9.17) is 9.47 Å². The second-order valence-electron chi connectivity index (χ2n) is 6.70. The van der Waals surface area contributed by atoms with Gasteiger partial charge in [-0.15, -0.1) is 0 Å². The van der Waals surface area contributed by atoms with Crippen LogP contribution in [0.4, 0.5) is 0 Å². The second kappa shape index (κ2) is 8.85. The number of nitrogens with zero attached hydrogens (tertiary/aromatic N) is 2. The van der Waals surface area contributed by atoms with Crippen LogP contribution in [0.25, 0.3) is 0 Å². The number of hydrogen-bond acceptors (Lipinski definition) is 4. The maximum atomic E-state index is 11.8. The van der Waals surface area contributed by atoms with Gasteiger partial charge >= 0.3 is 0 Å². The molecule has 0 aliphatic carbocycles. The van der Waals surface area contributed by atoms with Crippen molar-refractivity contribution >= 4 is 11.8 Å². The summed E-state index contributed by atoms with van der Waals surface area (Å²) in [5.74, 6) is 1.03. The maximum absolute atomic E-state index is 11.8. The zero-order chi connectivity index (χ0) is 18.4. The van der Waals surface area contributed by atoms with Crippen molar-refractivity contribution in [2.75, 3.05) is 40.9 Å². The van der Waals surface area contributed by atoms with Gasteiger partial charge in [0.15, 0.2) is 0 Å². The molecule has 1 aromatic rings. The molecule has 138 valence electrons. The van der Waals surface area contributed by atoms with E-state index in [2.05, 4.69) is 0 Å². The highest BCUT2D eigenvalue weighted by molar-refractivity contribution is 5.76. The lowest BCUT2D eigenvalue weighted by molar-refractivity contribution is -0.142. The van der Waals surface area contributed by atoms with Crippen LogP contribution < -0.4 is 4.74 Å². The van der Waals surface area contributed by atoms with Gasteiger partial charge in [-0.2, -0.15) is 0 Å². The first-order chi connectivity index (χ1) is 11.9. The molecule has 1 saturated heterocycles. The summed E-state index contributed by atoms with van der Waals surface area (Å²) < 4.78 is 11.1. The molecule has 1 fully saturated rings. The maximum Gasteiger partial charge on any atom is 0.248 e. The minimum Gasteiger partial charge on any atom is -0.497 e. The molecule has 2 amide bonds. The number of amides is 2. The molecule has 0 saturated carbocycles. The van der Waals surface area contributed by atoms with Crippen LogP contribution in [0.15, 0.2) is 24.3 Å². The van der Waals surface area contributed by atoms with Crippen LogP contribution in [0, 0.1) is 5.92 Å². The third-order valence-electron chi connectivity index (χ3n) is 4.69. The van der Waals surface area contributed by atoms with Crippen LogP contribution in [0.5, 0.6) is 5.75 Å². The molecule has 0 N–H and O–H groups in total.